The fourth-order valence-electron chi connectivity index (χ4n) is 2.84. The second-order valence-electron chi connectivity index (χ2n) is 6.12. The van der Waals surface area contributed by atoms with Gasteiger partial charge < -0.3 is 13.7 Å². The number of hydrogen-bond donors (Lipinski definition) is 0. The highest BCUT2D eigenvalue weighted by atomic mass is 16.5. The summed E-state index contributed by atoms with van der Waals surface area (Å²) in [7, 11) is 1.66. The van der Waals surface area contributed by atoms with Crippen molar-refractivity contribution in [3.63, 3.8) is 0 Å². The van der Waals surface area contributed by atoms with Crippen LogP contribution in [0, 0.1) is 6.92 Å². The fraction of sp³-hybridized carbons (Fsp3) is 0.0909. The third kappa shape index (κ3) is 3.67. The molecule has 0 aliphatic heterocycles. The lowest BCUT2D eigenvalue weighted by Gasteiger charge is -2.09. The molecule has 0 amide bonds. The van der Waals surface area contributed by atoms with Crippen molar-refractivity contribution in [2.45, 2.75) is 6.92 Å². The summed E-state index contributed by atoms with van der Waals surface area (Å²) in [6, 6.07) is 16.0. The molecule has 4 aromatic rings. The molecule has 2 heterocycles. The first-order valence-corrected chi connectivity index (χ1v) is 8.61. The number of methoxy groups -OCH3 is 1. The number of benzene rings is 2. The quantitative estimate of drug-likeness (QED) is 0.503. The first kappa shape index (κ1) is 16.8. The van der Waals surface area contributed by atoms with Gasteiger partial charge in [-0.05, 0) is 30.7 Å². The van der Waals surface area contributed by atoms with Crippen molar-refractivity contribution in [3.05, 3.63) is 84.5 Å². The van der Waals surface area contributed by atoms with E-state index in [1.165, 1.54) is 0 Å². The third-order valence-electron chi connectivity index (χ3n) is 4.20. The molecule has 5 nitrogen and oxygen atoms in total. The Hall–Kier alpha value is -3.60. The minimum absolute atomic E-state index is 0.558. The number of oxazole rings is 1. The Morgan fingerprint density at radius 3 is 2.67 bits per heavy atom. The van der Waals surface area contributed by atoms with Gasteiger partial charge in [0.1, 0.15) is 17.7 Å². The van der Waals surface area contributed by atoms with Crippen LogP contribution in [0.5, 0.6) is 5.75 Å². The molecule has 0 unspecified atom stereocenters. The first-order chi connectivity index (χ1) is 13.2. The summed E-state index contributed by atoms with van der Waals surface area (Å²) < 4.78 is 13.0. The van der Waals surface area contributed by atoms with Gasteiger partial charge in [-0.2, -0.15) is 0 Å². The van der Waals surface area contributed by atoms with Crippen molar-refractivity contribution in [1.82, 2.24) is 14.5 Å². The minimum Gasteiger partial charge on any atom is -0.495 e. The molecule has 0 aliphatic rings. The lowest BCUT2D eigenvalue weighted by Crippen LogP contribution is -1.95. The summed E-state index contributed by atoms with van der Waals surface area (Å²) in [4.78, 5) is 8.78. The Bertz CT molecular complexity index is 1080. The van der Waals surface area contributed by atoms with E-state index in [1.807, 2.05) is 78.4 Å². The second-order valence-corrected chi connectivity index (χ2v) is 6.12. The van der Waals surface area contributed by atoms with Crippen LogP contribution in [0.25, 0.3) is 29.1 Å². The zero-order chi connectivity index (χ0) is 18.6. The summed E-state index contributed by atoms with van der Waals surface area (Å²) in [6.45, 7) is 1.96. The number of nitrogens with zero attached hydrogens (tertiary/aromatic N) is 3. The van der Waals surface area contributed by atoms with Crippen LogP contribution in [0.1, 0.15) is 17.1 Å². The van der Waals surface area contributed by atoms with Gasteiger partial charge in [0.15, 0.2) is 0 Å². The Labute approximate surface area is 157 Å². The molecule has 2 aromatic heterocycles. The van der Waals surface area contributed by atoms with E-state index in [0.29, 0.717) is 5.89 Å². The van der Waals surface area contributed by atoms with E-state index in [4.69, 9.17) is 9.15 Å². The number of aryl methyl sites for hydroxylation is 1. The summed E-state index contributed by atoms with van der Waals surface area (Å²) in [6.07, 6.45) is 9.21. The first-order valence-electron chi connectivity index (χ1n) is 8.61. The zero-order valence-corrected chi connectivity index (χ0v) is 15.2. The highest BCUT2D eigenvalue weighted by Crippen LogP contribution is 2.26. The van der Waals surface area contributed by atoms with Crippen molar-refractivity contribution in [2.75, 3.05) is 7.11 Å². The molecule has 0 aliphatic carbocycles. The van der Waals surface area contributed by atoms with Gasteiger partial charge in [0.25, 0.3) is 0 Å². The molecule has 2 aromatic carbocycles. The molecule has 0 atom stereocenters. The maximum Gasteiger partial charge on any atom is 0.219 e. The van der Waals surface area contributed by atoms with Crippen molar-refractivity contribution >= 4 is 12.2 Å². The Morgan fingerprint density at radius 2 is 1.93 bits per heavy atom. The fourth-order valence-corrected chi connectivity index (χ4v) is 2.84. The summed E-state index contributed by atoms with van der Waals surface area (Å²) in [5, 5.41) is 0. The Balaban J connectivity index is 1.57. The smallest absolute Gasteiger partial charge is 0.219 e. The van der Waals surface area contributed by atoms with E-state index < -0.39 is 0 Å². The van der Waals surface area contributed by atoms with Crippen LogP contribution in [0.4, 0.5) is 0 Å². The minimum atomic E-state index is 0.558. The van der Waals surface area contributed by atoms with E-state index in [1.54, 1.807) is 19.7 Å². The molecule has 0 fully saturated rings. The van der Waals surface area contributed by atoms with Gasteiger partial charge in [-0.25, -0.2) is 9.97 Å². The standard InChI is InChI=1S/C22H19N3O2/c1-16-13-25(15-23-16)20-10-8-17(12-21(20)26-2)9-11-22-24-19(14-27-22)18-6-4-3-5-7-18/h3-15H,1-2H3/b11-9+. The number of ether oxygens (including phenoxy) is 1. The molecule has 5 heteroatoms. The van der Waals surface area contributed by atoms with Gasteiger partial charge in [0, 0.05) is 17.8 Å². The van der Waals surface area contributed by atoms with E-state index in [9.17, 15) is 0 Å². The number of aromatic nitrogens is 3. The monoisotopic (exact) mass is 357 g/mol. The van der Waals surface area contributed by atoms with E-state index in [2.05, 4.69) is 9.97 Å². The average molecular weight is 357 g/mol. The van der Waals surface area contributed by atoms with E-state index in [0.717, 1.165) is 34.0 Å². The van der Waals surface area contributed by atoms with Crippen molar-refractivity contribution in [2.24, 2.45) is 0 Å². The zero-order valence-electron chi connectivity index (χ0n) is 15.2. The van der Waals surface area contributed by atoms with Crippen LogP contribution >= 0.6 is 0 Å². The van der Waals surface area contributed by atoms with Crippen LogP contribution in [0.3, 0.4) is 0 Å². The Morgan fingerprint density at radius 1 is 1.07 bits per heavy atom. The van der Waals surface area contributed by atoms with Gasteiger partial charge in [-0.15, -0.1) is 0 Å². The molecular formula is C22H19N3O2. The third-order valence-corrected chi connectivity index (χ3v) is 4.20. The van der Waals surface area contributed by atoms with E-state index >= 15 is 0 Å². The topological polar surface area (TPSA) is 53.1 Å². The van der Waals surface area contributed by atoms with E-state index in [-0.39, 0.29) is 0 Å². The molecule has 0 saturated carbocycles. The molecule has 4 rings (SSSR count). The van der Waals surface area contributed by atoms with Gasteiger partial charge in [-0.1, -0.05) is 36.4 Å². The van der Waals surface area contributed by atoms with Crippen LogP contribution in [-0.2, 0) is 0 Å². The molecule has 0 radical (unpaired) electrons. The predicted molar refractivity (Wildman–Crippen MR) is 106 cm³/mol. The van der Waals surface area contributed by atoms with Crippen LogP contribution in [-0.4, -0.2) is 21.6 Å². The Kier molecular flexibility index (Phi) is 4.58. The molecule has 0 bridgehead atoms. The number of rotatable bonds is 5. The maximum atomic E-state index is 5.55. The van der Waals surface area contributed by atoms with Gasteiger partial charge in [0.2, 0.25) is 5.89 Å². The number of hydrogen-bond acceptors (Lipinski definition) is 4. The highest BCUT2D eigenvalue weighted by molar-refractivity contribution is 5.69. The van der Waals surface area contributed by atoms with Crippen molar-refractivity contribution in [3.8, 4) is 22.7 Å². The molecule has 134 valence electrons. The second kappa shape index (κ2) is 7.33. The molecule has 0 N–H and O–H groups in total. The molecule has 0 spiro atoms. The van der Waals surface area contributed by atoms with Gasteiger partial charge in [-0.3, -0.25) is 0 Å². The molecular weight excluding hydrogens is 338 g/mol. The summed E-state index contributed by atoms with van der Waals surface area (Å²) >= 11 is 0. The van der Waals surface area contributed by atoms with Crippen molar-refractivity contribution in [1.29, 1.82) is 0 Å². The van der Waals surface area contributed by atoms with Crippen LogP contribution in [0.2, 0.25) is 0 Å². The normalized spacial score (nSPS) is 11.2. The van der Waals surface area contributed by atoms with Crippen molar-refractivity contribution < 1.29 is 9.15 Å². The maximum absolute atomic E-state index is 5.55. The molecule has 0 saturated heterocycles. The SMILES string of the molecule is COc1cc(/C=C/c2nc(-c3ccccc3)co2)ccc1-n1cnc(C)c1. The van der Waals surface area contributed by atoms with Crippen LogP contribution in [0.15, 0.2) is 71.7 Å². The summed E-state index contributed by atoms with van der Waals surface area (Å²) in [5.41, 5.74) is 4.74. The van der Waals surface area contributed by atoms with Gasteiger partial charge >= 0.3 is 0 Å². The lowest BCUT2D eigenvalue weighted by molar-refractivity contribution is 0.413. The molecule has 27 heavy (non-hydrogen) atoms. The van der Waals surface area contributed by atoms with Crippen LogP contribution < -0.4 is 4.74 Å². The number of imidazole rings is 1. The van der Waals surface area contributed by atoms with Gasteiger partial charge in [0.05, 0.1) is 24.8 Å². The highest BCUT2D eigenvalue weighted by Gasteiger charge is 2.07. The summed E-state index contributed by atoms with van der Waals surface area (Å²) in [5.74, 6) is 1.33. The average Bonchev–Trinajstić information content (AvgIpc) is 3.36. The lowest BCUT2D eigenvalue weighted by atomic mass is 10.1. The largest absolute Gasteiger partial charge is 0.495 e. The predicted octanol–water partition coefficient (Wildman–Crippen LogP) is 5.01.